The number of hydrogen-bond acceptors (Lipinski definition) is 4. The van der Waals surface area contributed by atoms with Crippen LogP contribution in [0.2, 0.25) is 0 Å². The highest BCUT2D eigenvalue weighted by Gasteiger charge is 2.13. The molecule has 0 bridgehead atoms. The number of halogens is 1. The van der Waals surface area contributed by atoms with Gasteiger partial charge in [0, 0.05) is 16.9 Å². The summed E-state index contributed by atoms with van der Waals surface area (Å²) in [5.74, 6) is 1.14. The Bertz CT molecular complexity index is 969. The minimum Gasteiger partial charge on any atom is -0.497 e. The van der Waals surface area contributed by atoms with Crippen LogP contribution in [0.5, 0.6) is 5.75 Å². The highest BCUT2D eigenvalue weighted by atomic mass is 35.5. The first-order chi connectivity index (χ1) is 11.6. The van der Waals surface area contributed by atoms with Crippen molar-refractivity contribution in [3.05, 3.63) is 70.5 Å². The third-order valence-corrected chi connectivity index (χ3v) is 4.73. The summed E-state index contributed by atoms with van der Waals surface area (Å²) in [5, 5.41) is 1.63. The van der Waals surface area contributed by atoms with Gasteiger partial charge in [0.05, 0.1) is 23.7 Å². The number of benzene rings is 2. The number of fused-ring (bicyclic) bond motifs is 1. The van der Waals surface area contributed by atoms with E-state index < -0.39 is 0 Å². The molecule has 0 amide bonds. The largest absolute Gasteiger partial charge is 0.497 e. The molecular formula is C18H15ClN2O2S. The number of hydrogen-bond donors (Lipinski definition) is 0. The van der Waals surface area contributed by atoms with E-state index in [1.807, 2.05) is 36.4 Å². The van der Waals surface area contributed by atoms with Crippen LogP contribution < -0.4 is 10.3 Å². The first kappa shape index (κ1) is 16.6. The van der Waals surface area contributed by atoms with Crippen molar-refractivity contribution in [1.29, 1.82) is 0 Å². The molecular weight excluding hydrogens is 344 g/mol. The maximum Gasteiger partial charge on any atom is 0.266 e. The van der Waals surface area contributed by atoms with Gasteiger partial charge in [-0.3, -0.25) is 9.36 Å². The monoisotopic (exact) mass is 358 g/mol. The molecule has 0 saturated heterocycles. The Labute approximate surface area is 148 Å². The molecule has 2 aromatic carbocycles. The van der Waals surface area contributed by atoms with Gasteiger partial charge in [-0.15, -0.1) is 0 Å². The quantitative estimate of drug-likeness (QED) is 0.505. The molecule has 4 nitrogen and oxygen atoms in total. The van der Waals surface area contributed by atoms with Gasteiger partial charge in [-0.25, -0.2) is 4.98 Å². The van der Waals surface area contributed by atoms with Crippen molar-refractivity contribution in [2.75, 3.05) is 12.9 Å². The smallest absolute Gasteiger partial charge is 0.266 e. The van der Waals surface area contributed by atoms with E-state index in [1.165, 1.54) is 11.8 Å². The number of para-hydroxylation sites is 1. The lowest BCUT2D eigenvalue weighted by Gasteiger charge is -2.13. The van der Waals surface area contributed by atoms with Crippen LogP contribution in [-0.2, 0) is 0 Å². The summed E-state index contributed by atoms with van der Waals surface area (Å²) in [6.07, 6.45) is 0. The van der Waals surface area contributed by atoms with Gasteiger partial charge in [0.25, 0.3) is 5.56 Å². The van der Waals surface area contributed by atoms with Gasteiger partial charge >= 0.3 is 0 Å². The Balaban J connectivity index is 2.26. The van der Waals surface area contributed by atoms with Crippen molar-refractivity contribution < 1.29 is 4.74 Å². The molecule has 3 aromatic rings. The van der Waals surface area contributed by atoms with Gasteiger partial charge < -0.3 is 4.74 Å². The van der Waals surface area contributed by atoms with Crippen molar-refractivity contribution in [2.24, 2.45) is 0 Å². The van der Waals surface area contributed by atoms with Crippen LogP contribution in [0, 0.1) is 0 Å². The minimum atomic E-state index is -0.128. The fourth-order valence-electron chi connectivity index (χ4n) is 2.33. The lowest BCUT2D eigenvalue weighted by atomic mass is 10.2. The van der Waals surface area contributed by atoms with Crippen LogP contribution in [-0.4, -0.2) is 22.4 Å². The molecule has 0 aliphatic carbocycles. The first-order valence-electron chi connectivity index (χ1n) is 7.22. The molecule has 1 heterocycles. The third-order valence-electron chi connectivity index (χ3n) is 3.41. The Morgan fingerprint density at radius 2 is 2.08 bits per heavy atom. The van der Waals surface area contributed by atoms with Crippen LogP contribution in [0.25, 0.3) is 16.6 Å². The van der Waals surface area contributed by atoms with Crippen LogP contribution in [0.3, 0.4) is 0 Å². The highest BCUT2D eigenvalue weighted by Crippen LogP contribution is 2.25. The van der Waals surface area contributed by atoms with E-state index in [-0.39, 0.29) is 5.56 Å². The fourth-order valence-corrected chi connectivity index (χ4v) is 3.26. The van der Waals surface area contributed by atoms with Gasteiger partial charge in [0.1, 0.15) is 5.75 Å². The minimum absolute atomic E-state index is 0.128. The molecule has 122 valence electrons. The van der Waals surface area contributed by atoms with Gasteiger partial charge in [0.2, 0.25) is 0 Å². The van der Waals surface area contributed by atoms with E-state index in [0.717, 1.165) is 0 Å². The summed E-state index contributed by atoms with van der Waals surface area (Å²) >= 11 is 7.25. The topological polar surface area (TPSA) is 44.1 Å². The van der Waals surface area contributed by atoms with E-state index in [2.05, 4.69) is 11.6 Å². The zero-order chi connectivity index (χ0) is 17.1. The average molecular weight is 359 g/mol. The van der Waals surface area contributed by atoms with Crippen LogP contribution in [0.4, 0.5) is 0 Å². The Morgan fingerprint density at radius 1 is 1.29 bits per heavy atom. The number of ether oxygens (including phenoxy) is 1. The maximum atomic E-state index is 13.0. The molecule has 0 N–H and O–H groups in total. The van der Waals surface area contributed by atoms with E-state index >= 15 is 0 Å². The average Bonchev–Trinajstić information content (AvgIpc) is 2.60. The number of aromatic nitrogens is 2. The van der Waals surface area contributed by atoms with E-state index in [1.54, 1.807) is 23.8 Å². The van der Waals surface area contributed by atoms with E-state index in [4.69, 9.17) is 16.3 Å². The Morgan fingerprint density at radius 3 is 2.83 bits per heavy atom. The van der Waals surface area contributed by atoms with Gasteiger partial charge in [-0.2, -0.15) is 0 Å². The van der Waals surface area contributed by atoms with Crippen molar-refractivity contribution in [3.63, 3.8) is 0 Å². The maximum absolute atomic E-state index is 13.0. The Hall–Kier alpha value is -2.24. The molecule has 0 aliphatic heterocycles. The van der Waals surface area contributed by atoms with Crippen LogP contribution in [0.15, 0.2) is 70.1 Å². The molecule has 0 fully saturated rings. The normalized spacial score (nSPS) is 10.8. The zero-order valence-corrected chi connectivity index (χ0v) is 14.6. The second-order valence-electron chi connectivity index (χ2n) is 5.06. The summed E-state index contributed by atoms with van der Waals surface area (Å²) in [7, 11) is 1.59. The molecule has 0 spiro atoms. The first-order valence-corrected chi connectivity index (χ1v) is 8.59. The van der Waals surface area contributed by atoms with Gasteiger partial charge in [-0.1, -0.05) is 48.1 Å². The fraction of sp³-hybridized carbons (Fsp3) is 0.111. The van der Waals surface area contributed by atoms with E-state index in [0.29, 0.717) is 38.3 Å². The lowest BCUT2D eigenvalue weighted by Crippen LogP contribution is -2.21. The summed E-state index contributed by atoms with van der Waals surface area (Å²) in [4.78, 5) is 17.6. The summed E-state index contributed by atoms with van der Waals surface area (Å²) in [5.41, 5.74) is 1.22. The lowest BCUT2D eigenvalue weighted by molar-refractivity contribution is 0.414. The van der Waals surface area contributed by atoms with Crippen molar-refractivity contribution >= 4 is 34.3 Å². The van der Waals surface area contributed by atoms with Crippen molar-refractivity contribution in [2.45, 2.75) is 5.16 Å². The molecule has 24 heavy (non-hydrogen) atoms. The summed E-state index contributed by atoms with van der Waals surface area (Å²) < 4.78 is 6.84. The molecule has 0 unspecified atom stereocenters. The second kappa shape index (κ2) is 7.11. The predicted molar refractivity (Wildman–Crippen MR) is 99.6 cm³/mol. The van der Waals surface area contributed by atoms with Crippen LogP contribution >= 0.6 is 23.4 Å². The predicted octanol–water partition coefficient (Wildman–Crippen LogP) is 4.24. The number of thioether (sulfide) groups is 1. The third kappa shape index (κ3) is 3.32. The molecule has 0 radical (unpaired) electrons. The summed E-state index contributed by atoms with van der Waals surface area (Å²) in [6, 6.07) is 14.6. The molecule has 0 atom stereocenters. The summed E-state index contributed by atoms with van der Waals surface area (Å²) in [6.45, 7) is 3.69. The molecule has 0 saturated carbocycles. The molecule has 1 aromatic heterocycles. The standard InChI is InChI=1S/C18H15ClN2O2S/c1-12(19)11-24-18-20-16-9-4-3-8-15(16)17(22)21(18)13-6-5-7-14(10-13)23-2/h3-10H,1,11H2,2H3. The number of rotatable bonds is 5. The number of methoxy groups -OCH3 is 1. The Kier molecular flexibility index (Phi) is 4.92. The van der Waals surface area contributed by atoms with Crippen molar-refractivity contribution in [1.82, 2.24) is 9.55 Å². The van der Waals surface area contributed by atoms with Gasteiger partial charge in [0.15, 0.2) is 5.16 Å². The highest BCUT2D eigenvalue weighted by molar-refractivity contribution is 7.99. The van der Waals surface area contributed by atoms with Crippen LogP contribution in [0.1, 0.15) is 0 Å². The SMILES string of the molecule is C=C(Cl)CSc1nc2ccccc2c(=O)n1-c1cccc(OC)c1. The number of nitrogens with zero attached hydrogens (tertiary/aromatic N) is 2. The van der Waals surface area contributed by atoms with E-state index in [9.17, 15) is 4.79 Å². The molecule has 0 aliphatic rings. The molecule has 6 heteroatoms. The zero-order valence-electron chi connectivity index (χ0n) is 13.0. The molecule has 3 rings (SSSR count). The van der Waals surface area contributed by atoms with Gasteiger partial charge in [-0.05, 0) is 24.3 Å². The second-order valence-corrected chi connectivity index (χ2v) is 6.54. The van der Waals surface area contributed by atoms with Crippen molar-refractivity contribution in [3.8, 4) is 11.4 Å².